The summed E-state index contributed by atoms with van der Waals surface area (Å²) in [6, 6.07) is 15.3. The van der Waals surface area contributed by atoms with Crippen molar-refractivity contribution in [2.45, 2.75) is 16.7 Å². The molecular weight excluding hydrogens is 264 g/mol. The summed E-state index contributed by atoms with van der Waals surface area (Å²) in [6.07, 6.45) is 0. The molecule has 2 rings (SSSR count). The third-order valence-electron chi connectivity index (χ3n) is 2.44. The average Bonchev–Trinajstić information content (AvgIpc) is 2.41. The second-order valence-corrected chi connectivity index (χ2v) is 6.79. The van der Waals surface area contributed by atoms with Gasteiger partial charge in [-0.25, -0.2) is 4.21 Å². The number of ether oxygens (including phenoxy) is 1. The molecule has 0 aromatic heterocycles. The Labute approximate surface area is 113 Å². The molecule has 0 amide bonds. The summed E-state index contributed by atoms with van der Waals surface area (Å²) in [5, 5.41) is 0. The minimum atomic E-state index is -1.09. The molecule has 0 fully saturated rings. The van der Waals surface area contributed by atoms with Crippen LogP contribution in [0.4, 0.5) is 0 Å². The molecule has 2 aromatic rings. The predicted octanol–water partition coefficient (Wildman–Crippen LogP) is 3.82. The van der Waals surface area contributed by atoms with Gasteiger partial charge in [0.25, 0.3) is 0 Å². The van der Waals surface area contributed by atoms with Gasteiger partial charge in [-0.15, -0.1) is 0 Å². The van der Waals surface area contributed by atoms with Gasteiger partial charge in [0.15, 0.2) is 0 Å². The third-order valence-corrected chi connectivity index (χ3v) is 5.33. The molecule has 0 bridgehead atoms. The molecule has 0 saturated heterocycles. The fourth-order valence-corrected chi connectivity index (χ4v) is 3.77. The van der Waals surface area contributed by atoms with Crippen molar-refractivity contribution >= 4 is 20.6 Å². The van der Waals surface area contributed by atoms with E-state index in [0.29, 0.717) is 0 Å². The molecule has 0 aliphatic carbocycles. The third kappa shape index (κ3) is 3.37. The molecule has 18 heavy (non-hydrogen) atoms. The van der Waals surface area contributed by atoms with Crippen molar-refractivity contribution in [2.24, 2.45) is 0 Å². The maximum Gasteiger partial charge on any atom is 0.118 e. The Morgan fingerprint density at radius 3 is 2.17 bits per heavy atom. The molecule has 0 N–H and O–H groups in total. The Balaban J connectivity index is 2.09. The van der Waals surface area contributed by atoms with Crippen LogP contribution in [-0.4, -0.2) is 11.3 Å². The highest BCUT2D eigenvalue weighted by atomic mass is 33.1. The molecule has 4 heteroatoms. The quantitative estimate of drug-likeness (QED) is 0.795. The van der Waals surface area contributed by atoms with Crippen LogP contribution < -0.4 is 4.74 Å². The number of methoxy groups -OCH3 is 1. The van der Waals surface area contributed by atoms with E-state index in [-0.39, 0.29) is 0 Å². The summed E-state index contributed by atoms with van der Waals surface area (Å²) in [7, 11) is 1.88. The first kappa shape index (κ1) is 13.2. The maximum absolute atomic E-state index is 12.1. The SMILES string of the molecule is COc1ccc(S(=O)Sc2ccc(C)cc2)cc1. The lowest BCUT2D eigenvalue weighted by atomic mass is 10.2. The summed E-state index contributed by atoms with van der Waals surface area (Å²) < 4.78 is 17.2. The molecule has 0 spiro atoms. The number of hydrogen-bond donors (Lipinski definition) is 0. The summed E-state index contributed by atoms with van der Waals surface area (Å²) in [5.74, 6) is 0.774. The summed E-state index contributed by atoms with van der Waals surface area (Å²) in [4.78, 5) is 1.80. The van der Waals surface area contributed by atoms with Gasteiger partial charge in [-0.3, -0.25) is 0 Å². The fraction of sp³-hybridized carbons (Fsp3) is 0.143. The first-order valence-electron chi connectivity index (χ1n) is 5.50. The molecular formula is C14H14O2S2. The highest BCUT2D eigenvalue weighted by Gasteiger charge is 2.06. The number of rotatable bonds is 4. The zero-order chi connectivity index (χ0) is 13.0. The van der Waals surface area contributed by atoms with Crippen molar-refractivity contribution in [1.29, 1.82) is 0 Å². The van der Waals surface area contributed by atoms with Crippen LogP contribution in [0.2, 0.25) is 0 Å². The van der Waals surface area contributed by atoms with Gasteiger partial charge in [0.2, 0.25) is 0 Å². The van der Waals surface area contributed by atoms with Crippen LogP contribution in [0.3, 0.4) is 0 Å². The molecule has 0 aliphatic heterocycles. The molecule has 1 unspecified atom stereocenters. The topological polar surface area (TPSA) is 26.3 Å². The zero-order valence-corrected chi connectivity index (χ0v) is 11.9. The van der Waals surface area contributed by atoms with Crippen LogP contribution in [0.15, 0.2) is 58.3 Å². The van der Waals surface area contributed by atoms with Gasteiger partial charge in [0, 0.05) is 4.90 Å². The lowest BCUT2D eigenvalue weighted by Crippen LogP contribution is -1.87. The van der Waals surface area contributed by atoms with Crippen molar-refractivity contribution in [2.75, 3.05) is 7.11 Å². The molecule has 0 heterocycles. The van der Waals surface area contributed by atoms with E-state index in [4.69, 9.17) is 4.74 Å². The van der Waals surface area contributed by atoms with Gasteiger partial charge in [0.1, 0.15) is 15.6 Å². The maximum atomic E-state index is 12.1. The van der Waals surface area contributed by atoms with E-state index >= 15 is 0 Å². The van der Waals surface area contributed by atoms with Crippen LogP contribution in [0.25, 0.3) is 0 Å². The first-order valence-corrected chi connectivity index (χ1v) is 7.98. The largest absolute Gasteiger partial charge is 0.497 e. The lowest BCUT2D eigenvalue weighted by Gasteiger charge is -2.04. The summed E-state index contributed by atoms with van der Waals surface area (Å²) in [6.45, 7) is 2.04. The highest BCUT2D eigenvalue weighted by molar-refractivity contribution is 8.69. The fourth-order valence-electron chi connectivity index (χ4n) is 1.42. The molecule has 2 aromatic carbocycles. The highest BCUT2D eigenvalue weighted by Crippen LogP contribution is 2.28. The van der Waals surface area contributed by atoms with Crippen molar-refractivity contribution in [3.05, 3.63) is 54.1 Å². The van der Waals surface area contributed by atoms with E-state index in [0.717, 1.165) is 15.5 Å². The number of benzene rings is 2. The van der Waals surface area contributed by atoms with Gasteiger partial charge in [-0.1, -0.05) is 17.7 Å². The normalized spacial score (nSPS) is 12.1. The van der Waals surface area contributed by atoms with Crippen LogP contribution in [0.1, 0.15) is 5.56 Å². The van der Waals surface area contributed by atoms with Gasteiger partial charge in [0.05, 0.1) is 12.0 Å². The second kappa shape index (κ2) is 6.07. The average molecular weight is 278 g/mol. The molecule has 94 valence electrons. The van der Waals surface area contributed by atoms with Crippen LogP contribution >= 0.6 is 10.8 Å². The van der Waals surface area contributed by atoms with Gasteiger partial charge < -0.3 is 4.74 Å². The number of hydrogen-bond acceptors (Lipinski definition) is 3. The molecule has 0 radical (unpaired) electrons. The van der Waals surface area contributed by atoms with Crippen LogP contribution in [0.5, 0.6) is 5.75 Å². The second-order valence-electron chi connectivity index (χ2n) is 3.81. The molecule has 0 aliphatic rings. The molecule has 1 atom stereocenters. The number of aryl methyl sites for hydroxylation is 1. The Morgan fingerprint density at radius 1 is 1.00 bits per heavy atom. The molecule has 0 saturated carbocycles. The minimum absolute atomic E-state index is 0.774. The summed E-state index contributed by atoms with van der Waals surface area (Å²) >= 11 is 0. The first-order chi connectivity index (χ1) is 8.69. The van der Waals surface area contributed by atoms with Crippen molar-refractivity contribution in [3.63, 3.8) is 0 Å². The minimum Gasteiger partial charge on any atom is -0.497 e. The zero-order valence-electron chi connectivity index (χ0n) is 10.3. The summed E-state index contributed by atoms with van der Waals surface area (Å²) in [5.41, 5.74) is 1.20. The van der Waals surface area contributed by atoms with E-state index in [2.05, 4.69) is 0 Å². The van der Waals surface area contributed by atoms with E-state index in [1.165, 1.54) is 16.4 Å². The Morgan fingerprint density at radius 2 is 1.61 bits per heavy atom. The van der Waals surface area contributed by atoms with Crippen molar-refractivity contribution < 1.29 is 8.95 Å². The van der Waals surface area contributed by atoms with Gasteiger partial charge in [-0.05, 0) is 54.1 Å². The van der Waals surface area contributed by atoms with Gasteiger partial charge in [-0.2, -0.15) is 0 Å². The van der Waals surface area contributed by atoms with Crippen molar-refractivity contribution in [3.8, 4) is 5.75 Å². The van der Waals surface area contributed by atoms with Crippen molar-refractivity contribution in [1.82, 2.24) is 0 Å². The lowest BCUT2D eigenvalue weighted by molar-refractivity contribution is 0.414. The van der Waals surface area contributed by atoms with E-state index in [9.17, 15) is 4.21 Å². The predicted molar refractivity (Wildman–Crippen MR) is 76.4 cm³/mol. The van der Waals surface area contributed by atoms with E-state index in [1.54, 1.807) is 7.11 Å². The molecule has 2 nitrogen and oxygen atoms in total. The van der Waals surface area contributed by atoms with Gasteiger partial charge >= 0.3 is 0 Å². The Bertz CT molecular complexity index is 533. The monoisotopic (exact) mass is 278 g/mol. The standard InChI is InChI=1S/C14H14O2S2/c1-11-3-7-13(8-4-11)17-18(15)14-9-5-12(16-2)6-10-14/h3-10H,1-2H3. The van der Waals surface area contributed by atoms with Crippen LogP contribution in [0, 0.1) is 6.92 Å². The van der Waals surface area contributed by atoms with E-state index in [1.807, 2.05) is 55.5 Å². The van der Waals surface area contributed by atoms with Crippen LogP contribution in [-0.2, 0) is 9.83 Å². The Kier molecular flexibility index (Phi) is 4.44. The Hall–Kier alpha value is -1.26. The van der Waals surface area contributed by atoms with E-state index < -0.39 is 9.83 Å². The smallest absolute Gasteiger partial charge is 0.118 e.